The molecule has 478 valence electrons. The lowest BCUT2D eigenvalue weighted by molar-refractivity contribution is -0.142. The van der Waals surface area contributed by atoms with E-state index in [0.717, 1.165) is 28.5 Å². The Bertz CT molecular complexity index is 3200. The van der Waals surface area contributed by atoms with Gasteiger partial charge in [0.15, 0.2) is 0 Å². The first-order valence-electron chi connectivity index (χ1n) is 29.0. The molecule has 0 spiro atoms. The van der Waals surface area contributed by atoms with E-state index >= 15 is 9.59 Å². The van der Waals surface area contributed by atoms with Gasteiger partial charge < -0.3 is 84.7 Å². The number of hydrogen-bond donors (Lipinski definition) is 16. The van der Waals surface area contributed by atoms with E-state index in [0.29, 0.717) is 39.6 Å². The van der Waals surface area contributed by atoms with Crippen LogP contribution in [0.2, 0.25) is 0 Å². The van der Waals surface area contributed by atoms with Crippen molar-refractivity contribution < 1.29 is 68.4 Å². The fraction of sp³-hybridized carbons (Fsp3) is 0.410. The third-order valence-electron chi connectivity index (χ3n) is 14.5. The smallest absolute Gasteiger partial charge is 0.327 e. The SMILES string of the molecule is CC(O)C1NC(=O)C(Cc2ccccc2)NC(=O)C(C(C)O)NC(=O)C(CCCCN)NC(=O)C(Cc2c[nH]c3ccccc23)NC(=O)C(Cc2ccccc2)NC(=O)C(Cc2ccccc2)NC(=O)C(N)CSSCC(C(=O)O)NC(=O)C(CO)NC1=O. The highest BCUT2D eigenvalue weighted by Gasteiger charge is 2.38. The van der Waals surface area contributed by atoms with Crippen LogP contribution >= 0.6 is 21.6 Å². The number of carbonyl (C=O) groups excluding carboxylic acids is 9. The molecule has 1 aliphatic rings. The van der Waals surface area contributed by atoms with Crippen molar-refractivity contribution >= 4 is 91.6 Å². The van der Waals surface area contributed by atoms with E-state index in [1.807, 2.05) is 12.1 Å². The van der Waals surface area contributed by atoms with Gasteiger partial charge >= 0.3 is 5.97 Å². The van der Waals surface area contributed by atoms with Gasteiger partial charge in [0.05, 0.1) is 24.9 Å². The molecule has 9 amide bonds. The minimum absolute atomic E-state index is 0.0696. The van der Waals surface area contributed by atoms with Crippen LogP contribution in [0, 0.1) is 0 Å². The van der Waals surface area contributed by atoms with Gasteiger partial charge in [0.2, 0.25) is 53.2 Å². The van der Waals surface area contributed by atoms with E-state index < -0.39 is 138 Å². The van der Waals surface area contributed by atoms with Crippen molar-refractivity contribution in [2.75, 3.05) is 24.7 Å². The Morgan fingerprint density at radius 2 is 0.888 bits per heavy atom. The predicted octanol–water partition coefficient (Wildman–Crippen LogP) is -1.51. The van der Waals surface area contributed by atoms with Gasteiger partial charge in [0, 0.05) is 54.3 Å². The fourth-order valence-corrected chi connectivity index (χ4v) is 11.8. The molecular weight excluding hydrogens is 1190 g/mol. The minimum atomic E-state index is -1.87. The quantitative estimate of drug-likeness (QED) is 0.0394. The van der Waals surface area contributed by atoms with Gasteiger partial charge in [-0.1, -0.05) is 131 Å². The lowest BCUT2D eigenvalue weighted by Crippen LogP contribution is -2.63. The van der Waals surface area contributed by atoms with E-state index in [1.54, 1.807) is 109 Å². The zero-order chi connectivity index (χ0) is 64.6. The summed E-state index contributed by atoms with van der Waals surface area (Å²) in [6.07, 6.45) is -1.74. The Hall–Kier alpha value is -8.38. The van der Waals surface area contributed by atoms with Crippen molar-refractivity contribution in [3.8, 4) is 0 Å². The molecule has 89 heavy (non-hydrogen) atoms. The number of carboxylic acid groups (broad SMARTS) is 1. The molecule has 0 saturated carbocycles. The van der Waals surface area contributed by atoms with Crippen molar-refractivity contribution in [1.29, 1.82) is 0 Å². The van der Waals surface area contributed by atoms with Crippen LogP contribution in [-0.4, -0.2) is 182 Å². The first-order chi connectivity index (χ1) is 42.6. The number of aliphatic hydroxyl groups is 3. The maximum absolute atomic E-state index is 15.0. The summed E-state index contributed by atoms with van der Waals surface area (Å²) >= 11 is 0. The molecule has 18 N–H and O–H groups in total. The first-order valence-corrected chi connectivity index (χ1v) is 31.4. The number of carboxylic acids is 1. The van der Waals surface area contributed by atoms with Gasteiger partial charge in [-0.05, 0) is 68.0 Å². The molecule has 12 unspecified atom stereocenters. The highest BCUT2D eigenvalue weighted by molar-refractivity contribution is 8.76. The summed E-state index contributed by atoms with van der Waals surface area (Å²) in [5, 5.41) is 66.0. The number of H-pyrrole nitrogens is 1. The Kier molecular flexibility index (Phi) is 27.4. The lowest BCUT2D eigenvalue weighted by Gasteiger charge is -2.29. The highest BCUT2D eigenvalue weighted by atomic mass is 33.1. The van der Waals surface area contributed by atoms with E-state index in [2.05, 4.69) is 52.8 Å². The molecule has 2 heterocycles. The number of benzene rings is 4. The largest absolute Gasteiger partial charge is 0.480 e. The molecule has 0 bridgehead atoms. The van der Waals surface area contributed by atoms with Gasteiger partial charge in [0.1, 0.15) is 54.4 Å². The van der Waals surface area contributed by atoms with Gasteiger partial charge in [-0.3, -0.25) is 43.2 Å². The number of aromatic nitrogens is 1. The molecule has 28 heteroatoms. The van der Waals surface area contributed by atoms with Crippen molar-refractivity contribution in [3.05, 3.63) is 144 Å². The molecule has 12 atom stereocenters. The van der Waals surface area contributed by atoms with Crippen molar-refractivity contribution in [3.63, 3.8) is 0 Å². The Balaban J connectivity index is 1.40. The maximum Gasteiger partial charge on any atom is 0.327 e. The second kappa shape index (κ2) is 35.0. The van der Waals surface area contributed by atoms with Crippen LogP contribution in [0.1, 0.15) is 55.4 Å². The number of carbonyl (C=O) groups is 10. The third kappa shape index (κ3) is 21.4. The minimum Gasteiger partial charge on any atom is -0.480 e. The second-order valence-electron chi connectivity index (χ2n) is 21.5. The first kappa shape index (κ1) is 69.7. The number of aromatic amines is 1. The molecule has 6 rings (SSSR count). The summed E-state index contributed by atoms with van der Waals surface area (Å²) < 4.78 is 0. The zero-order valence-electron chi connectivity index (χ0n) is 49.1. The molecule has 1 saturated heterocycles. The number of nitrogens with two attached hydrogens (primary N) is 2. The summed E-state index contributed by atoms with van der Waals surface area (Å²) in [5.74, 6) is -10.8. The molecule has 1 fully saturated rings. The maximum atomic E-state index is 15.0. The zero-order valence-corrected chi connectivity index (χ0v) is 50.7. The van der Waals surface area contributed by atoms with Crippen molar-refractivity contribution in [2.45, 2.75) is 131 Å². The number of rotatable bonds is 16. The number of nitrogens with one attached hydrogen (secondary N) is 10. The van der Waals surface area contributed by atoms with Crippen LogP contribution in [0.15, 0.2) is 121 Å². The number of hydrogen-bond acceptors (Lipinski definition) is 17. The monoisotopic (exact) mass is 1270 g/mol. The molecule has 1 aliphatic heterocycles. The second-order valence-corrected chi connectivity index (χ2v) is 24.0. The van der Waals surface area contributed by atoms with Gasteiger partial charge in [0.25, 0.3) is 0 Å². The summed E-state index contributed by atoms with van der Waals surface area (Å²) in [7, 11) is 1.86. The third-order valence-corrected chi connectivity index (χ3v) is 17.0. The molecule has 0 aliphatic carbocycles. The molecule has 26 nitrogen and oxygen atoms in total. The number of aliphatic hydroxyl groups excluding tert-OH is 3. The Labute approximate surface area is 521 Å². The number of unbranched alkanes of at least 4 members (excludes halogenated alkanes) is 1. The number of para-hydroxylation sites is 1. The van der Waals surface area contributed by atoms with Crippen molar-refractivity contribution in [1.82, 2.24) is 52.8 Å². The fourth-order valence-electron chi connectivity index (χ4n) is 9.56. The van der Waals surface area contributed by atoms with Gasteiger partial charge in [-0.25, -0.2) is 4.79 Å². The lowest BCUT2D eigenvalue weighted by atomic mass is 10.00. The molecule has 5 aromatic rings. The average Bonchev–Trinajstić information content (AvgIpc) is 2.21. The van der Waals surface area contributed by atoms with E-state index in [9.17, 15) is 58.8 Å². The van der Waals surface area contributed by atoms with Crippen molar-refractivity contribution in [2.24, 2.45) is 11.5 Å². The van der Waals surface area contributed by atoms with Crippen LogP contribution in [-0.2, 0) is 73.6 Å². The Morgan fingerprint density at radius 1 is 0.494 bits per heavy atom. The van der Waals surface area contributed by atoms with E-state index in [4.69, 9.17) is 11.5 Å². The molecular formula is C61H78N12O14S2. The Morgan fingerprint density at radius 3 is 1.36 bits per heavy atom. The van der Waals surface area contributed by atoms with E-state index in [-0.39, 0.29) is 56.6 Å². The summed E-state index contributed by atoms with van der Waals surface area (Å²) in [6, 6.07) is 17.0. The predicted molar refractivity (Wildman–Crippen MR) is 334 cm³/mol. The summed E-state index contributed by atoms with van der Waals surface area (Å²) in [6.45, 7) is 1.44. The topological polar surface area (TPSA) is 428 Å². The van der Waals surface area contributed by atoms with Crippen LogP contribution in [0.4, 0.5) is 0 Å². The molecule has 0 radical (unpaired) electrons. The number of aliphatic carboxylic acids is 1. The number of amides is 9. The van der Waals surface area contributed by atoms with Crippen LogP contribution in [0.3, 0.4) is 0 Å². The summed E-state index contributed by atoms with van der Waals surface area (Å²) in [5.41, 5.74) is 15.2. The van der Waals surface area contributed by atoms with Crippen LogP contribution in [0.25, 0.3) is 10.9 Å². The van der Waals surface area contributed by atoms with Gasteiger partial charge in [-0.2, -0.15) is 0 Å². The van der Waals surface area contributed by atoms with Crippen LogP contribution < -0.4 is 59.3 Å². The molecule has 1 aromatic heterocycles. The summed E-state index contributed by atoms with van der Waals surface area (Å²) in [4.78, 5) is 145. The normalized spacial score (nSPS) is 24.7. The average molecular weight is 1270 g/mol. The van der Waals surface area contributed by atoms with Crippen LogP contribution in [0.5, 0.6) is 0 Å². The standard InChI is InChI=1S/C61H78N12O14S2/c1-34(75)50-59(84)69-46(28-38-20-10-5-11-21-38)57(82)73-51(35(2)76)60(85)70-48(31-74)58(83)71-49(61(86)87)33-89-88-32-41(63)52(77)66-44(26-36-16-6-3-7-17-36)54(79)67-45(27-37-18-8-4-9-19-37)55(80)68-47(29-39-30-64-42-23-13-12-22-40(39)42)56(81)65-43(53(78)72-50)24-14-15-25-62/h3-13,16-23,30,34-35,41,43-51,64,74-76H,14-15,24-29,31-33,62-63H2,1-2H3,(H,65,81)(H,66,77)(H,67,79)(H,68,80)(H,69,84)(H,70,85)(H,71,83)(H,72,78)(H,73,82)(H,86,87). The van der Waals surface area contributed by atoms with Gasteiger partial charge in [-0.15, -0.1) is 0 Å². The highest BCUT2D eigenvalue weighted by Crippen LogP contribution is 2.24. The number of fused-ring (bicyclic) bond motifs is 1. The molecule has 4 aromatic carbocycles. The van der Waals surface area contributed by atoms with E-state index in [1.165, 1.54) is 6.92 Å².